The van der Waals surface area contributed by atoms with Gasteiger partial charge in [0.05, 0.1) is 6.54 Å². The number of likely N-dealkylation sites (tertiary alicyclic amines) is 1. The Morgan fingerprint density at radius 1 is 1.10 bits per heavy atom. The van der Waals surface area contributed by atoms with E-state index in [9.17, 15) is 14.7 Å². The first-order valence-electron chi connectivity index (χ1n) is 7.82. The lowest BCUT2D eigenvalue weighted by atomic mass is 9.94. The number of piperidine rings is 1. The van der Waals surface area contributed by atoms with E-state index in [1.165, 1.54) is 19.3 Å². The summed E-state index contributed by atoms with van der Waals surface area (Å²) < 4.78 is 0. The van der Waals surface area contributed by atoms with Crippen molar-refractivity contribution in [3.05, 3.63) is 0 Å². The summed E-state index contributed by atoms with van der Waals surface area (Å²) >= 11 is 0. The molecule has 1 aliphatic heterocycles. The van der Waals surface area contributed by atoms with Gasteiger partial charge in [0.25, 0.3) is 0 Å². The molecule has 1 saturated carbocycles. The van der Waals surface area contributed by atoms with Gasteiger partial charge in [-0.05, 0) is 32.2 Å². The number of carbonyl (C=O) groups is 2. The molecule has 0 bridgehead atoms. The van der Waals surface area contributed by atoms with Crippen LogP contribution in [0, 0.1) is 0 Å². The second-order valence-electron chi connectivity index (χ2n) is 6.12. The number of amides is 1. The summed E-state index contributed by atoms with van der Waals surface area (Å²) in [6.07, 6.45) is 8.44. The molecular formula is C15H26N2O3. The number of carbonyl (C=O) groups excluding carboxylic acids is 1. The molecule has 1 N–H and O–H groups in total. The maximum absolute atomic E-state index is 12.4. The number of carboxylic acids is 1. The molecule has 1 aliphatic carbocycles. The third-order valence-corrected chi connectivity index (χ3v) is 4.75. The zero-order valence-electron chi connectivity index (χ0n) is 12.4. The molecule has 0 radical (unpaired) electrons. The zero-order chi connectivity index (χ0) is 14.5. The van der Waals surface area contributed by atoms with Crippen molar-refractivity contribution < 1.29 is 14.7 Å². The molecule has 2 rings (SSSR count). The van der Waals surface area contributed by atoms with Crippen LogP contribution in [-0.2, 0) is 9.59 Å². The van der Waals surface area contributed by atoms with Gasteiger partial charge in [-0.3, -0.25) is 14.5 Å². The quantitative estimate of drug-likeness (QED) is 0.853. The highest BCUT2D eigenvalue weighted by Gasteiger charge is 2.31. The first-order chi connectivity index (χ1) is 9.59. The Morgan fingerprint density at radius 3 is 2.40 bits per heavy atom. The first kappa shape index (κ1) is 15.3. The second-order valence-corrected chi connectivity index (χ2v) is 6.12. The number of nitrogens with zero attached hydrogens (tertiary/aromatic N) is 2. The number of hydrogen-bond donors (Lipinski definition) is 1. The molecule has 1 amide bonds. The SMILES string of the molecule is CN(C(=O)CN1CCCCC1C(=O)O)C1CCCCC1. The summed E-state index contributed by atoms with van der Waals surface area (Å²) in [5, 5.41) is 9.24. The van der Waals surface area contributed by atoms with E-state index in [0.29, 0.717) is 12.5 Å². The molecule has 114 valence electrons. The topological polar surface area (TPSA) is 60.9 Å². The van der Waals surface area contributed by atoms with Gasteiger partial charge in [0.1, 0.15) is 6.04 Å². The van der Waals surface area contributed by atoms with E-state index < -0.39 is 12.0 Å². The van der Waals surface area contributed by atoms with Gasteiger partial charge in [0.2, 0.25) is 5.91 Å². The van der Waals surface area contributed by atoms with Crippen molar-refractivity contribution >= 4 is 11.9 Å². The fourth-order valence-corrected chi connectivity index (χ4v) is 3.42. The average molecular weight is 282 g/mol. The highest BCUT2D eigenvalue weighted by molar-refractivity contribution is 5.80. The molecule has 1 unspecified atom stereocenters. The van der Waals surface area contributed by atoms with Crippen molar-refractivity contribution in [2.45, 2.75) is 63.5 Å². The Balaban J connectivity index is 1.89. The molecule has 5 nitrogen and oxygen atoms in total. The molecule has 0 aromatic rings. The Kier molecular flexibility index (Phi) is 5.40. The molecule has 2 aliphatic rings. The van der Waals surface area contributed by atoms with Gasteiger partial charge < -0.3 is 10.0 Å². The molecule has 5 heteroatoms. The van der Waals surface area contributed by atoms with Crippen molar-refractivity contribution in [1.82, 2.24) is 9.80 Å². The van der Waals surface area contributed by atoms with Gasteiger partial charge in [-0.15, -0.1) is 0 Å². The Bertz CT molecular complexity index is 353. The van der Waals surface area contributed by atoms with Crippen LogP contribution in [0.4, 0.5) is 0 Å². The highest BCUT2D eigenvalue weighted by Crippen LogP contribution is 2.22. The summed E-state index contributed by atoms with van der Waals surface area (Å²) in [7, 11) is 1.87. The van der Waals surface area contributed by atoms with E-state index in [2.05, 4.69) is 0 Å². The molecule has 2 fully saturated rings. The fraction of sp³-hybridized carbons (Fsp3) is 0.867. The fourth-order valence-electron chi connectivity index (χ4n) is 3.42. The van der Waals surface area contributed by atoms with E-state index in [0.717, 1.165) is 32.2 Å². The maximum Gasteiger partial charge on any atom is 0.320 e. The number of likely N-dealkylation sites (N-methyl/N-ethyl adjacent to an activating group) is 1. The molecule has 1 atom stereocenters. The minimum atomic E-state index is -0.794. The van der Waals surface area contributed by atoms with Gasteiger partial charge in [-0.1, -0.05) is 25.7 Å². The largest absolute Gasteiger partial charge is 0.480 e. The van der Waals surface area contributed by atoms with E-state index in [4.69, 9.17) is 0 Å². The van der Waals surface area contributed by atoms with Crippen molar-refractivity contribution in [2.24, 2.45) is 0 Å². The Morgan fingerprint density at radius 2 is 1.75 bits per heavy atom. The minimum absolute atomic E-state index is 0.0741. The van der Waals surface area contributed by atoms with Gasteiger partial charge in [-0.2, -0.15) is 0 Å². The molecule has 1 saturated heterocycles. The summed E-state index contributed by atoms with van der Waals surface area (Å²) in [5.41, 5.74) is 0. The summed E-state index contributed by atoms with van der Waals surface area (Å²) in [4.78, 5) is 27.3. The van der Waals surface area contributed by atoms with E-state index in [-0.39, 0.29) is 12.5 Å². The molecule has 0 aromatic carbocycles. The van der Waals surface area contributed by atoms with Crippen molar-refractivity contribution in [1.29, 1.82) is 0 Å². The van der Waals surface area contributed by atoms with Gasteiger partial charge >= 0.3 is 5.97 Å². The number of rotatable bonds is 4. The lowest BCUT2D eigenvalue weighted by Gasteiger charge is -2.36. The van der Waals surface area contributed by atoms with Crippen LogP contribution in [0.2, 0.25) is 0 Å². The third-order valence-electron chi connectivity index (χ3n) is 4.75. The van der Waals surface area contributed by atoms with Gasteiger partial charge in [0, 0.05) is 13.1 Å². The normalized spacial score (nSPS) is 25.4. The van der Waals surface area contributed by atoms with Crippen LogP contribution >= 0.6 is 0 Å². The van der Waals surface area contributed by atoms with Crippen molar-refractivity contribution in [2.75, 3.05) is 20.1 Å². The van der Waals surface area contributed by atoms with E-state index in [1.54, 1.807) is 0 Å². The first-order valence-corrected chi connectivity index (χ1v) is 7.82. The molecule has 1 heterocycles. The zero-order valence-corrected chi connectivity index (χ0v) is 12.4. The van der Waals surface area contributed by atoms with Crippen LogP contribution in [0.1, 0.15) is 51.4 Å². The Labute approximate surface area is 120 Å². The summed E-state index contributed by atoms with van der Waals surface area (Å²) in [6, 6.07) is -0.128. The predicted octanol–water partition coefficient (Wildman–Crippen LogP) is 1.72. The molecule has 20 heavy (non-hydrogen) atoms. The number of aliphatic carboxylic acids is 1. The number of hydrogen-bond acceptors (Lipinski definition) is 3. The van der Waals surface area contributed by atoms with Crippen LogP contribution in [-0.4, -0.2) is 59.0 Å². The summed E-state index contributed by atoms with van der Waals surface area (Å²) in [6.45, 7) is 0.977. The standard InChI is InChI=1S/C15H26N2O3/c1-16(12-7-3-2-4-8-12)14(18)11-17-10-6-5-9-13(17)15(19)20/h12-13H,2-11H2,1H3,(H,19,20). The Hall–Kier alpha value is -1.10. The van der Waals surface area contributed by atoms with Gasteiger partial charge in [0.15, 0.2) is 0 Å². The maximum atomic E-state index is 12.4. The van der Waals surface area contributed by atoms with Crippen LogP contribution in [0.25, 0.3) is 0 Å². The van der Waals surface area contributed by atoms with Crippen LogP contribution in [0.3, 0.4) is 0 Å². The number of carboxylic acid groups (broad SMARTS) is 1. The lowest BCUT2D eigenvalue weighted by Crippen LogP contribution is -2.50. The smallest absolute Gasteiger partial charge is 0.320 e. The monoisotopic (exact) mass is 282 g/mol. The van der Waals surface area contributed by atoms with E-state index in [1.807, 2.05) is 16.8 Å². The van der Waals surface area contributed by atoms with Gasteiger partial charge in [-0.25, -0.2) is 0 Å². The third kappa shape index (κ3) is 3.72. The molecule has 0 spiro atoms. The second kappa shape index (κ2) is 7.07. The van der Waals surface area contributed by atoms with Crippen molar-refractivity contribution in [3.8, 4) is 0 Å². The van der Waals surface area contributed by atoms with Crippen LogP contribution in [0.15, 0.2) is 0 Å². The molecular weight excluding hydrogens is 256 g/mol. The molecule has 0 aromatic heterocycles. The predicted molar refractivity (Wildman–Crippen MR) is 76.5 cm³/mol. The van der Waals surface area contributed by atoms with E-state index >= 15 is 0 Å². The van der Waals surface area contributed by atoms with Crippen molar-refractivity contribution in [3.63, 3.8) is 0 Å². The highest BCUT2D eigenvalue weighted by atomic mass is 16.4. The average Bonchev–Trinajstić information content (AvgIpc) is 2.47. The lowest BCUT2D eigenvalue weighted by molar-refractivity contribution is -0.146. The minimum Gasteiger partial charge on any atom is -0.480 e. The summed E-state index contributed by atoms with van der Waals surface area (Å²) in [5.74, 6) is -0.720. The van der Waals surface area contributed by atoms with Crippen LogP contribution in [0.5, 0.6) is 0 Å². The van der Waals surface area contributed by atoms with Crippen LogP contribution < -0.4 is 0 Å².